The number of halogens is 2. The zero-order valence-corrected chi connectivity index (χ0v) is 17.6. The van der Waals surface area contributed by atoms with Crippen molar-refractivity contribution in [1.29, 1.82) is 0 Å². The summed E-state index contributed by atoms with van der Waals surface area (Å²) < 4.78 is 6.07. The third-order valence-corrected chi connectivity index (χ3v) is 4.98. The van der Waals surface area contributed by atoms with Gasteiger partial charge in [-0.1, -0.05) is 29.8 Å². The fourth-order valence-corrected chi connectivity index (χ4v) is 3.47. The molecule has 3 aromatic carbocycles. The summed E-state index contributed by atoms with van der Waals surface area (Å²) in [5, 5.41) is 3.65. The second-order valence-corrected chi connectivity index (χ2v) is 7.46. The molecule has 29 heavy (non-hydrogen) atoms. The number of para-hydroxylation sites is 1. The average Bonchev–Trinajstić information content (AvgIpc) is 2.83. The molecule has 0 amide bonds. The van der Waals surface area contributed by atoms with E-state index in [9.17, 15) is 9.59 Å². The van der Waals surface area contributed by atoms with Gasteiger partial charge in [-0.25, -0.2) is 0 Å². The highest BCUT2D eigenvalue weighted by atomic mass is 35.5. The molecule has 0 aliphatic carbocycles. The second kappa shape index (κ2) is 8.45. The van der Waals surface area contributed by atoms with E-state index in [-0.39, 0.29) is 12.4 Å². The Balaban J connectivity index is 0.00000240. The molecule has 8 heteroatoms. The van der Waals surface area contributed by atoms with Gasteiger partial charge in [0.05, 0.1) is 12.2 Å². The van der Waals surface area contributed by atoms with Crippen LogP contribution in [0.2, 0.25) is 5.02 Å². The summed E-state index contributed by atoms with van der Waals surface area (Å²) in [6.45, 7) is 1.71. The monoisotopic (exact) mass is 433 g/mol. The maximum absolute atomic E-state index is 12.5. The van der Waals surface area contributed by atoms with Crippen molar-refractivity contribution in [2.75, 3.05) is 37.4 Å². The number of rotatable bonds is 5. The summed E-state index contributed by atoms with van der Waals surface area (Å²) >= 11 is 6.22. The van der Waals surface area contributed by atoms with Crippen molar-refractivity contribution in [1.82, 2.24) is 4.90 Å². The van der Waals surface area contributed by atoms with Crippen LogP contribution in [0.5, 0.6) is 11.5 Å². The van der Waals surface area contributed by atoms with E-state index in [1.807, 2.05) is 48.2 Å². The van der Waals surface area contributed by atoms with E-state index in [0.29, 0.717) is 40.9 Å². The molecule has 152 valence electrons. The molecule has 0 fully saturated rings. The van der Waals surface area contributed by atoms with Gasteiger partial charge < -0.3 is 19.9 Å². The van der Waals surface area contributed by atoms with Crippen LogP contribution in [-0.4, -0.2) is 32.1 Å². The molecule has 0 saturated heterocycles. The van der Waals surface area contributed by atoms with Crippen LogP contribution in [0.1, 0.15) is 5.56 Å². The van der Waals surface area contributed by atoms with E-state index in [4.69, 9.17) is 16.3 Å². The summed E-state index contributed by atoms with van der Waals surface area (Å²) in [5.41, 5.74) is 1.28. The number of benzene rings is 2. The first kappa shape index (κ1) is 21.2. The Morgan fingerprint density at radius 3 is 2.62 bits per heavy atom. The molecule has 0 unspecified atom stereocenters. The number of nitrogens with one attached hydrogen (secondary N) is 1. The lowest BCUT2D eigenvalue weighted by atomic mass is 10.1. The van der Waals surface area contributed by atoms with Crippen molar-refractivity contribution in [3.63, 3.8) is 0 Å². The summed E-state index contributed by atoms with van der Waals surface area (Å²) in [7, 11) is 3.90. The number of likely N-dealkylation sites (N-methyl/N-ethyl adjacent to an activating group) is 1. The van der Waals surface area contributed by atoms with Crippen molar-refractivity contribution in [3.05, 3.63) is 73.5 Å². The molecule has 3 aromatic rings. The van der Waals surface area contributed by atoms with E-state index < -0.39 is 10.9 Å². The summed E-state index contributed by atoms with van der Waals surface area (Å²) in [4.78, 5) is 28.6. The fourth-order valence-electron chi connectivity index (χ4n) is 3.30. The Bertz CT molecular complexity index is 1110. The van der Waals surface area contributed by atoms with Crippen LogP contribution in [0.3, 0.4) is 0 Å². The zero-order chi connectivity index (χ0) is 19.8. The molecule has 4 rings (SSSR count). The standard InChI is InChI=1S/C21H20ClN3O3.ClH/c1-24(2)10-9-23-18-19(21(27)20(18)26)25-12-13-5-3-4-6-16(13)28-17-8-7-14(22)11-15(17)25;/h3-8,11,23H,9-10,12H2,1-2H3;1H. The topological polar surface area (TPSA) is 61.9 Å². The van der Waals surface area contributed by atoms with Crippen LogP contribution in [0, 0.1) is 0 Å². The van der Waals surface area contributed by atoms with Crippen molar-refractivity contribution in [2.45, 2.75) is 6.54 Å². The molecule has 1 heterocycles. The van der Waals surface area contributed by atoms with Gasteiger partial charge >= 0.3 is 0 Å². The Morgan fingerprint density at radius 2 is 1.86 bits per heavy atom. The molecule has 1 N–H and O–H groups in total. The van der Waals surface area contributed by atoms with Crippen LogP contribution >= 0.6 is 24.0 Å². The van der Waals surface area contributed by atoms with Crippen molar-refractivity contribution in [2.24, 2.45) is 0 Å². The highest BCUT2D eigenvalue weighted by molar-refractivity contribution is 6.31. The molecular formula is C21H21Cl2N3O3. The van der Waals surface area contributed by atoms with Gasteiger partial charge in [-0.15, -0.1) is 12.4 Å². The van der Waals surface area contributed by atoms with Gasteiger partial charge in [-0.05, 0) is 38.4 Å². The molecule has 0 atom stereocenters. The smallest absolute Gasteiger partial charge is 0.253 e. The second-order valence-electron chi connectivity index (χ2n) is 7.02. The fraction of sp³-hybridized carbons (Fsp3) is 0.238. The number of fused-ring (bicyclic) bond motifs is 2. The van der Waals surface area contributed by atoms with Gasteiger partial charge in [0.1, 0.15) is 17.1 Å². The Kier molecular flexibility index (Phi) is 6.17. The van der Waals surface area contributed by atoms with E-state index in [0.717, 1.165) is 17.9 Å². The maximum Gasteiger partial charge on any atom is 0.253 e. The van der Waals surface area contributed by atoms with Gasteiger partial charge in [0.15, 0.2) is 5.75 Å². The van der Waals surface area contributed by atoms with Crippen LogP contribution in [0.15, 0.2) is 52.1 Å². The molecule has 0 saturated carbocycles. The molecule has 1 aliphatic rings. The lowest BCUT2D eigenvalue weighted by Crippen LogP contribution is -2.41. The quantitative estimate of drug-likeness (QED) is 0.617. The predicted molar refractivity (Wildman–Crippen MR) is 119 cm³/mol. The van der Waals surface area contributed by atoms with Gasteiger partial charge in [0, 0.05) is 23.7 Å². The average molecular weight is 434 g/mol. The minimum Gasteiger partial charge on any atom is -0.455 e. The molecule has 6 nitrogen and oxygen atoms in total. The summed E-state index contributed by atoms with van der Waals surface area (Å²) in [6, 6.07) is 12.9. The van der Waals surface area contributed by atoms with Crippen LogP contribution < -0.4 is 25.8 Å². The van der Waals surface area contributed by atoms with E-state index >= 15 is 0 Å². The predicted octanol–water partition coefficient (Wildman–Crippen LogP) is 3.78. The molecule has 0 bridgehead atoms. The summed E-state index contributed by atoms with van der Waals surface area (Å²) in [6.07, 6.45) is 0. The number of hydrogen-bond acceptors (Lipinski definition) is 6. The largest absolute Gasteiger partial charge is 0.455 e. The molecule has 0 aromatic heterocycles. The van der Waals surface area contributed by atoms with Gasteiger partial charge in [0.2, 0.25) is 0 Å². The highest BCUT2D eigenvalue weighted by Gasteiger charge is 2.31. The zero-order valence-electron chi connectivity index (χ0n) is 16.1. The van der Waals surface area contributed by atoms with E-state index in [1.54, 1.807) is 18.2 Å². The summed E-state index contributed by atoms with van der Waals surface area (Å²) in [5.74, 6) is 1.30. The first-order valence-electron chi connectivity index (χ1n) is 9.00. The van der Waals surface area contributed by atoms with Crippen LogP contribution in [-0.2, 0) is 6.54 Å². The van der Waals surface area contributed by atoms with Crippen LogP contribution in [0.4, 0.5) is 17.1 Å². The number of nitrogens with zero attached hydrogens (tertiary/aromatic N) is 2. The number of anilines is 3. The molecule has 1 aliphatic heterocycles. The molecular weight excluding hydrogens is 413 g/mol. The van der Waals surface area contributed by atoms with Crippen molar-refractivity contribution >= 4 is 41.1 Å². The molecule has 0 spiro atoms. The van der Waals surface area contributed by atoms with Crippen LogP contribution in [0.25, 0.3) is 0 Å². The first-order chi connectivity index (χ1) is 13.5. The van der Waals surface area contributed by atoms with E-state index in [2.05, 4.69) is 5.32 Å². The van der Waals surface area contributed by atoms with Crippen molar-refractivity contribution in [3.8, 4) is 11.5 Å². The SMILES string of the molecule is CN(C)CCNc1c(N2Cc3ccccc3Oc3ccc(Cl)cc32)c(=O)c1=O.Cl. The molecule has 0 radical (unpaired) electrons. The minimum absolute atomic E-state index is 0. The normalized spacial score (nSPS) is 12.6. The highest BCUT2D eigenvalue weighted by Crippen LogP contribution is 2.44. The Morgan fingerprint density at radius 1 is 1.10 bits per heavy atom. The first-order valence-corrected chi connectivity index (χ1v) is 9.38. The van der Waals surface area contributed by atoms with Crippen molar-refractivity contribution < 1.29 is 4.74 Å². The van der Waals surface area contributed by atoms with E-state index in [1.165, 1.54) is 0 Å². The Labute approximate surface area is 179 Å². The van der Waals surface area contributed by atoms with Gasteiger partial charge in [-0.2, -0.15) is 0 Å². The third kappa shape index (κ3) is 3.96. The lowest BCUT2D eigenvalue weighted by Gasteiger charge is -2.27. The van der Waals surface area contributed by atoms with Gasteiger partial charge in [-0.3, -0.25) is 9.59 Å². The Hall–Kier alpha value is -2.54. The maximum atomic E-state index is 12.5. The third-order valence-electron chi connectivity index (χ3n) is 4.75. The minimum atomic E-state index is -0.502. The number of hydrogen-bond donors (Lipinski definition) is 1. The van der Waals surface area contributed by atoms with Gasteiger partial charge in [0.25, 0.3) is 10.9 Å². The number of ether oxygens (including phenoxy) is 1. The lowest BCUT2D eigenvalue weighted by molar-refractivity contribution is 0.425.